The van der Waals surface area contributed by atoms with Gasteiger partial charge in [-0.05, 0) is 25.3 Å². The third kappa shape index (κ3) is 2.69. The van der Waals surface area contributed by atoms with Crippen LogP contribution in [0.25, 0.3) is 0 Å². The average molecular weight is 201 g/mol. The predicted molar refractivity (Wildman–Crippen MR) is 61.0 cm³/mol. The molecule has 2 heteroatoms. The van der Waals surface area contributed by atoms with Gasteiger partial charge in [0.25, 0.3) is 0 Å². The van der Waals surface area contributed by atoms with Gasteiger partial charge < -0.3 is 5.32 Å². The van der Waals surface area contributed by atoms with Gasteiger partial charge in [-0.3, -0.25) is 4.79 Å². The Balaban J connectivity index is 1.91. The molecule has 0 saturated carbocycles. The maximum absolute atomic E-state index is 11.8. The first-order valence-electron chi connectivity index (χ1n) is 5.36. The van der Waals surface area contributed by atoms with Crippen LogP contribution in [0, 0.1) is 5.92 Å². The molecule has 0 fully saturated rings. The highest BCUT2D eigenvalue weighted by atomic mass is 16.1. The lowest BCUT2D eigenvalue weighted by Crippen LogP contribution is -2.29. The van der Waals surface area contributed by atoms with E-state index < -0.39 is 0 Å². The molecule has 0 aromatic carbocycles. The molecular formula is C13H15NO. The van der Waals surface area contributed by atoms with Crippen molar-refractivity contribution in [2.75, 3.05) is 0 Å². The van der Waals surface area contributed by atoms with Crippen LogP contribution in [0.4, 0.5) is 0 Å². The van der Waals surface area contributed by atoms with Crippen molar-refractivity contribution in [2.45, 2.75) is 19.3 Å². The SMILES string of the molecule is O=C(NC1=CC=CCC1)C1C=CC=CC1. The number of rotatable bonds is 2. The second kappa shape index (κ2) is 4.78. The fraction of sp³-hybridized carbons (Fsp3) is 0.308. The zero-order chi connectivity index (χ0) is 10.5. The maximum Gasteiger partial charge on any atom is 0.231 e. The van der Waals surface area contributed by atoms with Crippen molar-refractivity contribution in [1.82, 2.24) is 5.32 Å². The summed E-state index contributed by atoms with van der Waals surface area (Å²) >= 11 is 0. The van der Waals surface area contributed by atoms with E-state index in [0.29, 0.717) is 0 Å². The summed E-state index contributed by atoms with van der Waals surface area (Å²) in [5.41, 5.74) is 1.03. The number of allylic oxidation sites excluding steroid dienone is 7. The summed E-state index contributed by atoms with van der Waals surface area (Å²) in [6, 6.07) is 0. The Morgan fingerprint density at radius 2 is 2.20 bits per heavy atom. The summed E-state index contributed by atoms with van der Waals surface area (Å²) in [6.45, 7) is 0. The second-order valence-electron chi connectivity index (χ2n) is 3.80. The molecule has 0 radical (unpaired) electrons. The van der Waals surface area contributed by atoms with Crippen LogP contribution in [0.1, 0.15) is 19.3 Å². The van der Waals surface area contributed by atoms with Crippen LogP contribution >= 0.6 is 0 Å². The molecule has 2 aliphatic carbocycles. The molecule has 0 bridgehead atoms. The van der Waals surface area contributed by atoms with Gasteiger partial charge in [0.05, 0.1) is 5.92 Å². The first kappa shape index (κ1) is 9.97. The van der Waals surface area contributed by atoms with Gasteiger partial charge in [-0.25, -0.2) is 0 Å². The van der Waals surface area contributed by atoms with Gasteiger partial charge in [0.1, 0.15) is 0 Å². The number of carbonyl (C=O) groups excluding carboxylic acids is 1. The van der Waals surface area contributed by atoms with Crippen molar-refractivity contribution in [1.29, 1.82) is 0 Å². The van der Waals surface area contributed by atoms with Crippen molar-refractivity contribution in [3.63, 3.8) is 0 Å². The van der Waals surface area contributed by atoms with E-state index in [1.807, 2.05) is 36.5 Å². The van der Waals surface area contributed by atoms with Gasteiger partial charge in [-0.1, -0.05) is 36.5 Å². The van der Waals surface area contributed by atoms with Crippen LogP contribution in [0.2, 0.25) is 0 Å². The smallest absolute Gasteiger partial charge is 0.231 e. The summed E-state index contributed by atoms with van der Waals surface area (Å²) < 4.78 is 0. The van der Waals surface area contributed by atoms with E-state index in [0.717, 1.165) is 25.0 Å². The number of nitrogens with one attached hydrogen (secondary N) is 1. The standard InChI is InChI=1S/C13H15NO/c15-13(11-7-3-1-4-8-11)14-12-9-5-2-6-10-12/h1-5,7,9,11H,6,8,10H2,(H,14,15). The first-order chi connectivity index (χ1) is 7.36. The third-order valence-corrected chi connectivity index (χ3v) is 2.61. The highest BCUT2D eigenvalue weighted by Crippen LogP contribution is 2.14. The lowest BCUT2D eigenvalue weighted by atomic mass is 9.99. The van der Waals surface area contributed by atoms with E-state index >= 15 is 0 Å². The normalized spacial score (nSPS) is 23.7. The highest BCUT2D eigenvalue weighted by molar-refractivity contribution is 5.82. The van der Waals surface area contributed by atoms with Gasteiger partial charge >= 0.3 is 0 Å². The average Bonchev–Trinajstić information content (AvgIpc) is 2.31. The van der Waals surface area contributed by atoms with Crippen molar-refractivity contribution >= 4 is 5.91 Å². The van der Waals surface area contributed by atoms with Gasteiger partial charge in [0.2, 0.25) is 5.91 Å². The van der Waals surface area contributed by atoms with E-state index in [4.69, 9.17) is 0 Å². The molecule has 0 spiro atoms. The lowest BCUT2D eigenvalue weighted by Gasteiger charge is -2.16. The molecule has 0 aromatic heterocycles. The fourth-order valence-corrected chi connectivity index (χ4v) is 1.73. The minimum atomic E-state index is 0.00167. The van der Waals surface area contributed by atoms with Crippen molar-refractivity contribution < 1.29 is 4.79 Å². The molecule has 2 nitrogen and oxygen atoms in total. The number of hydrogen-bond acceptors (Lipinski definition) is 1. The molecule has 1 atom stereocenters. The third-order valence-electron chi connectivity index (χ3n) is 2.61. The molecule has 1 N–H and O–H groups in total. The van der Waals surface area contributed by atoms with E-state index in [1.54, 1.807) is 0 Å². The van der Waals surface area contributed by atoms with Crippen LogP contribution in [0.3, 0.4) is 0 Å². The molecule has 1 unspecified atom stereocenters. The molecule has 15 heavy (non-hydrogen) atoms. The topological polar surface area (TPSA) is 29.1 Å². The van der Waals surface area contributed by atoms with Crippen LogP contribution in [-0.2, 0) is 4.79 Å². The molecule has 2 aliphatic rings. The van der Waals surface area contributed by atoms with E-state index in [-0.39, 0.29) is 11.8 Å². The second-order valence-corrected chi connectivity index (χ2v) is 3.80. The largest absolute Gasteiger partial charge is 0.329 e. The van der Waals surface area contributed by atoms with Gasteiger partial charge in [-0.2, -0.15) is 0 Å². The molecular weight excluding hydrogens is 186 g/mol. The Morgan fingerprint density at radius 1 is 1.27 bits per heavy atom. The fourth-order valence-electron chi connectivity index (χ4n) is 1.73. The van der Waals surface area contributed by atoms with Gasteiger partial charge in [-0.15, -0.1) is 0 Å². The molecule has 2 rings (SSSR count). The Hall–Kier alpha value is -1.57. The van der Waals surface area contributed by atoms with Crippen LogP contribution in [-0.4, -0.2) is 5.91 Å². The highest BCUT2D eigenvalue weighted by Gasteiger charge is 2.16. The van der Waals surface area contributed by atoms with Crippen molar-refractivity contribution in [2.24, 2.45) is 5.92 Å². The van der Waals surface area contributed by atoms with E-state index in [2.05, 4.69) is 11.4 Å². The van der Waals surface area contributed by atoms with Crippen LogP contribution in [0.5, 0.6) is 0 Å². The molecule has 1 amide bonds. The zero-order valence-corrected chi connectivity index (χ0v) is 8.65. The summed E-state index contributed by atoms with van der Waals surface area (Å²) in [6.07, 6.45) is 16.7. The van der Waals surface area contributed by atoms with Crippen molar-refractivity contribution in [3.8, 4) is 0 Å². The maximum atomic E-state index is 11.8. The summed E-state index contributed by atoms with van der Waals surface area (Å²) in [4.78, 5) is 11.8. The predicted octanol–water partition coefficient (Wildman–Crippen LogP) is 2.47. The first-order valence-corrected chi connectivity index (χ1v) is 5.36. The molecule has 78 valence electrons. The zero-order valence-electron chi connectivity index (χ0n) is 8.65. The number of amides is 1. The molecule has 0 aliphatic heterocycles. The number of carbonyl (C=O) groups is 1. The Bertz CT molecular complexity index is 361. The Kier molecular flexibility index (Phi) is 3.18. The minimum Gasteiger partial charge on any atom is -0.329 e. The lowest BCUT2D eigenvalue weighted by molar-refractivity contribution is -0.122. The number of hydrogen-bond donors (Lipinski definition) is 1. The molecule has 0 saturated heterocycles. The summed E-state index contributed by atoms with van der Waals surface area (Å²) in [5.74, 6) is 0.110. The van der Waals surface area contributed by atoms with E-state index in [1.165, 1.54) is 0 Å². The quantitative estimate of drug-likeness (QED) is 0.730. The minimum absolute atomic E-state index is 0.00167. The summed E-state index contributed by atoms with van der Waals surface area (Å²) in [5, 5.41) is 2.97. The van der Waals surface area contributed by atoms with Crippen LogP contribution in [0.15, 0.2) is 48.2 Å². The van der Waals surface area contributed by atoms with Crippen LogP contribution < -0.4 is 5.32 Å². The van der Waals surface area contributed by atoms with Gasteiger partial charge in [0.15, 0.2) is 0 Å². The molecule has 0 heterocycles. The Morgan fingerprint density at radius 3 is 2.87 bits per heavy atom. The van der Waals surface area contributed by atoms with Gasteiger partial charge in [0, 0.05) is 5.70 Å². The van der Waals surface area contributed by atoms with Crippen molar-refractivity contribution in [3.05, 3.63) is 48.2 Å². The summed E-state index contributed by atoms with van der Waals surface area (Å²) in [7, 11) is 0. The Labute approximate surface area is 90.1 Å². The van der Waals surface area contributed by atoms with E-state index in [9.17, 15) is 4.79 Å². The molecule has 0 aromatic rings. The monoisotopic (exact) mass is 201 g/mol.